The van der Waals surface area contributed by atoms with E-state index in [1.165, 1.54) is 7.11 Å². The Morgan fingerprint density at radius 1 is 1.12 bits per heavy atom. The minimum Gasteiger partial charge on any atom is -0.496 e. The molecule has 6 nitrogen and oxygen atoms in total. The number of hydrogen-bond donors (Lipinski definition) is 2. The molecule has 1 fully saturated rings. The molecule has 0 radical (unpaired) electrons. The summed E-state index contributed by atoms with van der Waals surface area (Å²) in [5, 5.41) is 6.13. The number of benzene rings is 2. The number of nitrogens with one attached hydrogen (secondary N) is 2. The number of piperazine rings is 1. The lowest BCUT2D eigenvalue weighted by atomic mass is 10.1. The number of anilines is 1. The topological polar surface area (TPSA) is 70.7 Å². The summed E-state index contributed by atoms with van der Waals surface area (Å²) in [7, 11) is 1.54. The van der Waals surface area contributed by atoms with Gasteiger partial charge in [0.25, 0.3) is 11.8 Å². The maximum atomic E-state index is 12.6. The van der Waals surface area contributed by atoms with Crippen molar-refractivity contribution in [3.63, 3.8) is 0 Å². The Hall–Kier alpha value is -2.86. The molecule has 0 atom stereocenters. The molecule has 1 aliphatic heterocycles. The second-order valence-electron chi connectivity index (χ2n) is 6.23. The van der Waals surface area contributed by atoms with E-state index in [4.69, 9.17) is 4.74 Å². The standard InChI is InChI=1S/C20H23N3O3/c1-14-13-15(20(25)23-11-9-21-10-12-23)7-8-17(14)22-19(24)16-5-3-4-6-18(16)26-2/h3-8,13,21H,9-12H2,1-2H3,(H,22,24). The summed E-state index contributed by atoms with van der Waals surface area (Å²) in [5.41, 5.74) is 2.63. The fraction of sp³-hybridized carbons (Fsp3) is 0.300. The molecule has 26 heavy (non-hydrogen) atoms. The summed E-state index contributed by atoms with van der Waals surface area (Å²) in [5.74, 6) is 0.303. The maximum absolute atomic E-state index is 12.6. The first-order valence-electron chi connectivity index (χ1n) is 8.65. The van der Waals surface area contributed by atoms with Crippen LogP contribution in [0.3, 0.4) is 0 Å². The zero-order valence-corrected chi connectivity index (χ0v) is 15.0. The van der Waals surface area contributed by atoms with Gasteiger partial charge in [0, 0.05) is 37.4 Å². The van der Waals surface area contributed by atoms with Gasteiger partial charge in [0.1, 0.15) is 5.75 Å². The van der Waals surface area contributed by atoms with Gasteiger partial charge in [0.2, 0.25) is 0 Å². The van der Waals surface area contributed by atoms with Crippen LogP contribution in [-0.2, 0) is 0 Å². The van der Waals surface area contributed by atoms with Gasteiger partial charge in [0.15, 0.2) is 0 Å². The van der Waals surface area contributed by atoms with E-state index in [1.54, 1.807) is 30.3 Å². The summed E-state index contributed by atoms with van der Waals surface area (Å²) in [6.45, 7) is 4.94. The SMILES string of the molecule is COc1ccccc1C(=O)Nc1ccc(C(=O)N2CCNCC2)cc1C. The van der Waals surface area contributed by atoms with Crippen molar-refractivity contribution in [3.8, 4) is 5.75 Å². The van der Waals surface area contributed by atoms with Crippen molar-refractivity contribution in [2.75, 3.05) is 38.6 Å². The minimum atomic E-state index is -0.244. The van der Waals surface area contributed by atoms with Gasteiger partial charge in [-0.2, -0.15) is 0 Å². The molecule has 0 saturated carbocycles. The Labute approximate surface area is 153 Å². The molecule has 0 aromatic heterocycles. The van der Waals surface area contributed by atoms with Gasteiger partial charge in [-0.05, 0) is 42.8 Å². The molecule has 136 valence electrons. The lowest BCUT2D eigenvalue weighted by Gasteiger charge is -2.27. The molecule has 2 aromatic rings. The van der Waals surface area contributed by atoms with Crippen molar-refractivity contribution in [1.29, 1.82) is 0 Å². The van der Waals surface area contributed by atoms with Crippen molar-refractivity contribution in [3.05, 3.63) is 59.2 Å². The van der Waals surface area contributed by atoms with E-state index in [0.717, 1.165) is 18.7 Å². The molecule has 1 saturated heterocycles. The van der Waals surface area contributed by atoms with Crippen LogP contribution < -0.4 is 15.4 Å². The lowest BCUT2D eigenvalue weighted by Crippen LogP contribution is -2.46. The van der Waals surface area contributed by atoms with E-state index in [2.05, 4.69) is 10.6 Å². The van der Waals surface area contributed by atoms with Gasteiger partial charge in [-0.1, -0.05) is 12.1 Å². The number of para-hydroxylation sites is 1. The van der Waals surface area contributed by atoms with Crippen LogP contribution in [0, 0.1) is 6.92 Å². The van der Waals surface area contributed by atoms with E-state index < -0.39 is 0 Å². The minimum absolute atomic E-state index is 0.0252. The predicted molar refractivity (Wildman–Crippen MR) is 101 cm³/mol. The van der Waals surface area contributed by atoms with E-state index in [0.29, 0.717) is 35.7 Å². The van der Waals surface area contributed by atoms with E-state index in [1.807, 2.05) is 24.0 Å². The Bertz CT molecular complexity index is 814. The van der Waals surface area contributed by atoms with Gasteiger partial charge < -0.3 is 20.3 Å². The average Bonchev–Trinajstić information content (AvgIpc) is 2.69. The van der Waals surface area contributed by atoms with Crippen LogP contribution in [0.15, 0.2) is 42.5 Å². The van der Waals surface area contributed by atoms with Crippen molar-refractivity contribution < 1.29 is 14.3 Å². The molecular formula is C20H23N3O3. The zero-order chi connectivity index (χ0) is 18.5. The van der Waals surface area contributed by atoms with Crippen LogP contribution in [0.4, 0.5) is 5.69 Å². The summed E-state index contributed by atoms with van der Waals surface area (Å²) in [6.07, 6.45) is 0. The molecular weight excluding hydrogens is 330 g/mol. The number of ether oxygens (including phenoxy) is 1. The highest BCUT2D eigenvalue weighted by Gasteiger charge is 2.19. The first-order chi connectivity index (χ1) is 12.6. The number of amides is 2. The molecule has 0 unspecified atom stereocenters. The van der Waals surface area contributed by atoms with Gasteiger partial charge >= 0.3 is 0 Å². The molecule has 2 N–H and O–H groups in total. The lowest BCUT2D eigenvalue weighted by molar-refractivity contribution is 0.0735. The smallest absolute Gasteiger partial charge is 0.259 e. The van der Waals surface area contributed by atoms with Crippen LogP contribution in [0.1, 0.15) is 26.3 Å². The third kappa shape index (κ3) is 3.86. The van der Waals surface area contributed by atoms with E-state index >= 15 is 0 Å². The molecule has 0 spiro atoms. The van der Waals surface area contributed by atoms with Crippen LogP contribution >= 0.6 is 0 Å². The Balaban J connectivity index is 1.75. The second kappa shape index (κ2) is 8.01. The number of nitrogens with zero attached hydrogens (tertiary/aromatic N) is 1. The van der Waals surface area contributed by atoms with Crippen LogP contribution in [0.25, 0.3) is 0 Å². The molecule has 1 heterocycles. The average molecular weight is 353 g/mol. The summed E-state index contributed by atoms with van der Waals surface area (Å²) in [6, 6.07) is 12.4. The number of rotatable bonds is 4. The fourth-order valence-electron chi connectivity index (χ4n) is 3.01. The number of carbonyl (C=O) groups is 2. The third-order valence-corrected chi connectivity index (χ3v) is 4.48. The summed E-state index contributed by atoms with van der Waals surface area (Å²) < 4.78 is 5.24. The van der Waals surface area contributed by atoms with Gasteiger partial charge in [-0.3, -0.25) is 9.59 Å². The van der Waals surface area contributed by atoms with Crippen molar-refractivity contribution >= 4 is 17.5 Å². The largest absolute Gasteiger partial charge is 0.496 e. The normalized spacial score (nSPS) is 14.0. The van der Waals surface area contributed by atoms with Crippen LogP contribution in [0.2, 0.25) is 0 Å². The number of carbonyl (C=O) groups excluding carboxylic acids is 2. The zero-order valence-electron chi connectivity index (χ0n) is 15.0. The predicted octanol–water partition coefficient (Wildman–Crippen LogP) is 2.30. The fourth-order valence-corrected chi connectivity index (χ4v) is 3.01. The second-order valence-corrected chi connectivity index (χ2v) is 6.23. The van der Waals surface area contributed by atoms with Crippen molar-refractivity contribution in [2.45, 2.75) is 6.92 Å². The third-order valence-electron chi connectivity index (χ3n) is 4.48. The molecule has 2 amide bonds. The van der Waals surface area contributed by atoms with E-state index in [9.17, 15) is 9.59 Å². The van der Waals surface area contributed by atoms with Crippen molar-refractivity contribution in [1.82, 2.24) is 10.2 Å². The van der Waals surface area contributed by atoms with Gasteiger partial charge in [0.05, 0.1) is 12.7 Å². The molecule has 0 bridgehead atoms. The van der Waals surface area contributed by atoms with Crippen LogP contribution in [-0.4, -0.2) is 50.0 Å². The van der Waals surface area contributed by atoms with Gasteiger partial charge in [-0.15, -0.1) is 0 Å². The molecule has 0 aliphatic carbocycles. The molecule has 6 heteroatoms. The highest BCUT2D eigenvalue weighted by Crippen LogP contribution is 2.22. The highest BCUT2D eigenvalue weighted by molar-refractivity contribution is 6.06. The van der Waals surface area contributed by atoms with Gasteiger partial charge in [-0.25, -0.2) is 0 Å². The van der Waals surface area contributed by atoms with Crippen LogP contribution in [0.5, 0.6) is 5.75 Å². The monoisotopic (exact) mass is 353 g/mol. The molecule has 3 rings (SSSR count). The first-order valence-corrected chi connectivity index (χ1v) is 8.65. The number of aryl methyl sites for hydroxylation is 1. The number of hydrogen-bond acceptors (Lipinski definition) is 4. The number of methoxy groups -OCH3 is 1. The quantitative estimate of drug-likeness (QED) is 0.885. The van der Waals surface area contributed by atoms with E-state index in [-0.39, 0.29) is 11.8 Å². The molecule has 1 aliphatic rings. The summed E-state index contributed by atoms with van der Waals surface area (Å²) in [4.78, 5) is 27.0. The molecule has 2 aromatic carbocycles. The Morgan fingerprint density at radius 2 is 1.85 bits per heavy atom. The highest BCUT2D eigenvalue weighted by atomic mass is 16.5. The first kappa shape index (κ1) is 17.9. The van der Waals surface area contributed by atoms with Crippen molar-refractivity contribution in [2.24, 2.45) is 0 Å². The Morgan fingerprint density at radius 3 is 2.54 bits per heavy atom. The Kier molecular flexibility index (Phi) is 5.53. The maximum Gasteiger partial charge on any atom is 0.259 e. The summed E-state index contributed by atoms with van der Waals surface area (Å²) >= 11 is 0.